The number of benzene rings is 2. The zero-order valence-corrected chi connectivity index (χ0v) is 13.0. The molecule has 0 aliphatic carbocycles. The van der Waals surface area contributed by atoms with E-state index in [4.69, 9.17) is 4.74 Å². The molecule has 0 aromatic heterocycles. The maximum absolute atomic E-state index is 14.0. The average Bonchev–Trinajstić information content (AvgIpc) is 3.02. The highest BCUT2D eigenvalue weighted by molar-refractivity contribution is 5.62. The Labute approximate surface area is 137 Å². The van der Waals surface area contributed by atoms with Crippen molar-refractivity contribution < 1.29 is 17.9 Å². The van der Waals surface area contributed by atoms with Gasteiger partial charge in [-0.25, -0.2) is 8.78 Å². The van der Waals surface area contributed by atoms with Crippen molar-refractivity contribution in [2.75, 3.05) is 18.6 Å². The van der Waals surface area contributed by atoms with Crippen molar-refractivity contribution in [1.29, 1.82) is 5.26 Å². The van der Waals surface area contributed by atoms with E-state index in [9.17, 15) is 18.4 Å². The maximum Gasteiger partial charge on any atom is 0.202 e. The third-order valence-electron chi connectivity index (χ3n) is 4.33. The van der Waals surface area contributed by atoms with Gasteiger partial charge in [0.2, 0.25) is 5.82 Å². The summed E-state index contributed by atoms with van der Waals surface area (Å²) in [6.45, 7) is 0.436. The number of anilines is 1. The first-order valence-electron chi connectivity index (χ1n) is 7.49. The van der Waals surface area contributed by atoms with E-state index >= 15 is 0 Å². The second kappa shape index (κ2) is 6.44. The van der Waals surface area contributed by atoms with Gasteiger partial charge in [0.1, 0.15) is 11.9 Å². The van der Waals surface area contributed by atoms with Crippen LogP contribution in [0.25, 0.3) is 0 Å². The van der Waals surface area contributed by atoms with Crippen molar-refractivity contribution in [3.05, 3.63) is 59.4 Å². The molecular weight excluding hydrogens is 317 g/mol. The predicted molar refractivity (Wildman–Crippen MR) is 83.4 cm³/mol. The molecule has 2 aromatic carbocycles. The molecule has 3 rings (SSSR count). The lowest BCUT2D eigenvalue weighted by molar-refractivity contribution is 0.372. The molecule has 3 nitrogen and oxygen atoms in total. The Morgan fingerprint density at radius 1 is 1.12 bits per heavy atom. The molecule has 1 aliphatic heterocycles. The van der Waals surface area contributed by atoms with Crippen molar-refractivity contribution in [3.63, 3.8) is 0 Å². The molecule has 24 heavy (non-hydrogen) atoms. The smallest absolute Gasteiger partial charge is 0.202 e. The number of hydrogen-bond acceptors (Lipinski definition) is 3. The molecule has 0 bridgehead atoms. The van der Waals surface area contributed by atoms with Gasteiger partial charge in [-0.2, -0.15) is 9.65 Å². The third-order valence-corrected chi connectivity index (χ3v) is 4.33. The monoisotopic (exact) mass is 332 g/mol. The highest BCUT2D eigenvalue weighted by Gasteiger charge is 2.35. The van der Waals surface area contributed by atoms with E-state index in [0.717, 1.165) is 11.6 Å². The van der Waals surface area contributed by atoms with Gasteiger partial charge >= 0.3 is 0 Å². The van der Waals surface area contributed by atoms with Crippen LogP contribution in [0.5, 0.6) is 5.75 Å². The summed E-state index contributed by atoms with van der Waals surface area (Å²) in [5.41, 5.74) is 1.24. The summed E-state index contributed by atoms with van der Waals surface area (Å²) >= 11 is 0. The van der Waals surface area contributed by atoms with Crippen molar-refractivity contribution in [1.82, 2.24) is 0 Å². The SMILES string of the molecule is COc1c(N2CC(c3ccc(F)cc3)CC2C#N)ccc(F)c1F. The van der Waals surface area contributed by atoms with Crippen LogP contribution in [0.3, 0.4) is 0 Å². The fourth-order valence-corrected chi connectivity index (χ4v) is 3.14. The van der Waals surface area contributed by atoms with Gasteiger partial charge in [0.15, 0.2) is 11.6 Å². The lowest BCUT2D eigenvalue weighted by Gasteiger charge is -2.24. The molecule has 1 fully saturated rings. The Hall–Kier alpha value is -2.68. The molecule has 0 saturated carbocycles. The van der Waals surface area contributed by atoms with E-state index in [1.165, 1.54) is 25.3 Å². The first-order chi connectivity index (χ1) is 11.5. The molecule has 2 aromatic rings. The highest BCUT2D eigenvalue weighted by atomic mass is 19.2. The summed E-state index contributed by atoms with van der Waals surface area (Å²) in [5.74, 6) is -2.62. The number of hydrogen-bond donors (Lipinski definition) is 0. The molecule has 2 atom stereocenters. The van der Waals surface area contributed by atoms with E-state index in [2.05, 4.69) is 6.07 Å². The third kappa shape index (κ3) is 2.78. The summed E-state index contributed by atoms with van der Waals surface area (Å²) in [7, 11) is 1.26. The Bertz CT molecular complexity index is 786. The van der Waals surface area contributed by atoms with Gasteiger partial charge < -0.3 is 9.64 Å². The standard InChI is InChI=1S/C18H15F3N2O/c1-24-18-16(7-6-15(20)17(18)21)23-10-12(8-14(23)9-22)11-2-4-13(19)5-3-11/h2-7,12,14H,8,10H2,1H3. The Morgan fingerprint density at radius 2 is 1.83 bits per heavy atom. The minimum Gasteiger partial charge on any atom is -0.491 e. The van der Waals surface area contributed by atoms with Gasteiger partial charge in [-0.3, -0.25) is 0 Å². The van der Waals surface area contributed by atoms with Crippen molar-refractivity contribution in [3.8, 4) is 11.8 Å². The van der Waals surface area contributed by atoms with Gasteiger partial charge in [-0.1, -0.05) is 12.1 Å². The fraction of sp³-hybridized carbons (Fsp3) is 0.278. The van der Waals surface area contributed by atoms with E-state index < -0.39 is 17.7 Å². The molecule has 6 heteroatoms. The predicted octanol–water partition coefficient (Wildman–Crippen LogP) is 4.00. The zero-order chi connectivity index (χ0) is 17.3. The lowest BCUT2D eigenvalue weighted by atomic mass is 9.97. The molecule has 0 amide bonds. The molecule has 1 aliphatic rings. The van der Waals surface area contributed by atoms with Crippen LogP contribution < -0.4 is 9.64 Å². The molecular formula is C18H15F3N2O. The van der Waals surface area contributed by atoms with Gasteiger partial charge in [0, 0.05) is 12.5 Å². The van der Waals surface area contributed by atoms with Crippen molar-refractivity contribution in [2.24, 2.45) is 0 Å². The Balaban J connectivity index is 1.95. The molecule has 0 spiro atoms. The molecule has 0 N–H and O–H groups in total. The second-order valence-corrected chi connectivity index (χ2v) is 5.70. The number of rotatable bonds is 3. The fourth-order valence-electron chi connectivity index (χ4n) is 3.14. The van der Waals surface area contributed by atoms with Gasteiger partial charge in [0.05, 0.1) is 18.9 Å². The second-order valence-electron chi connectivity index (χ2n) is 5.70. The summed E-state index contributed by atoms with van der Waals surface area (Å²) in [6.07, 6.45) is 0.518. The molecule has 0 radical (unpaired) electrons. The minimum absolute atomic E-state index is 0.00642. The highest BCUT2D eigenvalue weighted by Crippen LogP contribution is 2.40. The van der Waals surface area contributed by atoms with Crippen LogP contribution in [-0.2, 0) is 0 Å². The van der Waals surface area contributed by atoms with Crippen LogP contribution in [0.15, 0.2) is 36.4 Å². The molecule has 2 unspecified atom stereocenters. The van der Waals surface area contributed by atoms with Gasteiger partial charge in [-0.15, -0.1) is 0 Å². The van der Waals surface area contributed by atoms with E-state index in [-0.39, 0.29) is 17.5 Å². The van der Waals surface area contributed by atoms with Crippen molar-refractivity contribution in [2.45, 2.75) is 18.4 Å². The Morgan fingerprint density at radius 3 is 2.46 bits per heavy atom. The zero-order valence-electron chi connectivity index (χ0n) is 13.0. The first kappa shape index (κ1) is 16.2. The minimum atomic E-state index is -1.07. The van der Waals surface area contributed by atoms with Crippen LogP contribution in [-0.4, -0.2) is 19.7 Å². The topological polar surface area (TPSA) is 36.3 Å². The molecule has 1 heterocycles. The summed E-state index contributed by atoms with van der Waals surface area (Å²) in [4.78, 5) is 1.70. The number of nitrogens with zero attached hydrogens (tertiary/aromatic N) is 2. The first-order valence-corrected chi connectivity index (χ1v) is 7.49. The number of nitriles is 1. The van der Waals surface area contributed by atoms with Crippen LogP contribution in [0.4, 0.5) is 18.9 Å². The quantitative estimate of drug-likeness (QED) is 0.852. The maximum atomic E-state index is 14.0. The van der Waals surface area contributed by atoms with E-state index in [1.807, 2.05) is 0 Å². The van der Waals surface area contributed by atoms with E-state index in [0.29, 0.717) is 18.7 Å². The van der Waals surface area contributed by atoms with Crippen LogP contribution >= 0.6 is 0 Å². The normalized spacial score (nSPS) is 20.0. The van der Waals surface area contributed by atoms with Crippen molar-refractivity contribution >= 4 is 5.69 Å². The van der Waals surface area contributed by atoms with Crippen LogP contribution in [0.1, 0.15) is 17.9 Å². The molecule has 1 saturated heterocycles. The van der Waals surface area contributed by atoms with Crippen LogP contribution in [0.2, 0.25) is 0 Å². The number of methoxy groups -OCH3 is 1. The lowest BCUT2D eigenvalue weighted by Crippen LogP contribution is -2.28. The average molecular weight is 332 g/mol. The molecule has 124 valence electrons. The Kier molecular flexibility index (Phi) is 4.34. The van der Waals surface area contributed by atoms with E-state index in [1.54, 1.807) is 17.0 Å². The van der Waals surface area contributed by atoms with Gasteiger partial charge in [0.25, 0.3) is 0 Å². The van der Waals surface area contributed by atoms with Crippen LogP contribution in [0, 0.1) is 28.8 Å². The summed E-state index contributed by atoms with van der Waals surface area (Å²) in [6, 6.07) is 10.2. The largest absolute Gasteiger partial charge is 0.491 e. The van der Waals surface area contributed by atoms with Gasteiger partial charge in [-0.05, 0) is 36.2 Å². The number of ether oxygens (including phenoxy) is 1. The summed E-state index contributed by atoms with van der Waals surface area (Å²) in [5, 5.41) is 9.43. The summed E-state index contributed by atoms with van der Waals surface area (Å²) < 4.78 is 45.5. The number of halogens is 3.